The molecule has 0 unspecified atom stereocenters. The molecule has 0 saturated carbocycles. The van der Waals surface area contributed by atoms with E-state index in [-0.39, 0.29) is 18.1 Å². The molecule has 0 aliphatic rings. The maximum atomic E-state index is 11.6. The first-order valence-electron chi connectivity index (χ1n) is 6.26. The number of rotatable bonds is 5. The molecule has 0 radical (unpaired) electrons. The number of nitrogen functional groups attached to an aromatic ring is 1. The van der Waals surface area contributed by atoms with Crippen LogP contribution in [0.25, 0.3) is 5.69 Å². The van der Waals surface area contributed by atoms with Crippen LogP contribution in [0.3, 0.4) is 0 Å². The summed E-state index contributed by atoms with van der Waals surface area (Å²) in [4.78, 5) is 19.7. The molecular weight excluding hydrogens is 260 g/mol. The fourth-order valence-electron chi connectivity index (χ4n) is 1.67. The van der Waals surface area contributed by atoms with E-state index < -0.39 is 5.97 Å². The number of hydrogen-bond acceptors (Lipinski definition) is 6. The number of hydrogen-bond donors (Lipinski definition) is 1. The van der Waals surface area contributed by atoms with E-state index in [1.165, 1.54) is 6.33 Å². The Bertz CT molecular complexity index is 592. The van der Waals surface area contributed by atoms with Gasteiger partial charge in [-0.25, -0.2) is 14.8 Å². The van der Waals surface area contributed by atoms with E-state index in [0.717, 1.165) is 0 Å². The van der Waals surface area contributed by atoms with Crippen LogP contribution in [0.1, 0.15) is 24.3 Å². The van der Waals surface area contributed by atoms with Crippen LogP contribution in [0.4, 0.5) is 5.82 Å². The Morgan fingerprint density at radius 1 is 1.30 bits per heavy atom. The van der Waals surface area contributed by atoms with Gasteiger partial charge in [0.2, 0.25) is 5.88 Å². The van der Waals surface area contributed by atoms with E-state index in [4.69, 9.17) is 15.2 Å². The molecule has 0 amide bonds. The van der Waals surface area contributed by atoms with Crippen LogP contribution in [-0.2, 0) is 4.74 Å². The van der Waals surface area contributed by atoms with Gasteiger partial charge in [0.25, 0.3) is 0 Å². The second kappa shape index (κ2) is 6.05. The van der Waals surface area contributed by atoms with Gasteiger partial charge in [-0.2, -0.15) is 0 Å². The lowest BCUT2D eigenvalue weighted by Gasteiger charge is -2.06. The van der Waals surface area contributed by atoms with Gasteiger partial charge in [-0.15, -0.1) is 0 Å². The third-order valence-corrected chi connectivity index (χ3v) is 2.56. The molecule has 0 aliphatic heterocycles. The number of imidazole rings is 1. The third-order valence-electron chi connectivity index (χ3n) is 2.56. The molecule has 0 aliphatic carbocycles. The number of carbonyl (C=O) groups is 1. The predicted octanol–water partition coefficient (Wildman–Crippen LogP) is 1.42. The van der Waals surface area contributed by atoms with Crippen LogP contribution in [0.2, 0.25) is 0 Å². The highest BCUT2D eigenvalue weighted by Crippen LogP contribution is 2.18. The lowest BCUT2D eigenvalue weighted by molar-refractivity contribution is 0.0521. The molecule has 2 N–H and O–H groups in total. The Labute approximate surface area is 116 Å². The van der Waals surface area contributed by atoms with Crippen LogP contribution in [-0.4, -0.2) is 33.7 Å². The summed E-state index contributed by atoms with van der Waals surface area (Å²) in [7, 11) is 0. The first-order valence-corrected chi connectivity index (χ1v) is 6.26. The molecule has 2 aromatic heterocycles. The highest BCUT2D eigenvalue weighted by molar-refractivity contribution is 5.92. The van der Waals surface area contributed by atoms with E-state index in [0.29, 0.717) is 18.2 Å². The van der Waals surface area contributed by atoms with E-state index in [1.807, 2.05) is 6.92 Å². The van der Waals surface area contributed by atoms with Gasteiger partial charge >= 0.3 is 5.97 Å². The van der Waals surface area contributed by atoms with Crippen LogP contribution in [0, 0.1) is 0 Å². The lowest BCUT2D eigenvalue weighted by Crippen LogP contribution is -2.09. The summed E-state index contributed by atoms with van der Waals surface area (Å²) in [5.41, 5.74) is 6.69. The summed E-state index contributed by atoms with van der Waals surface area (Å²) < 4.78 is 11.7. The van der Waals surface area contributed by atoms with Crippen LogP contribution >= 0.6 is 0 Å². The van der Waals surface area contributed by atoms with Crippen LogP contribution in [0.5, 0.6) is 5.88 Å². The lowest BCUT2D eigenvalue weighted by atomic mass is 10.4. The molecule has 7 nitrogen and oxygen atoms in total. The smallest absolute Gasteiger partial charge is 0.360 e. The van der Waals surface area contributed by atoms with Crippen LogP contribution in [0.15, 0.2) is 24.7 Å². The van der Waals surface area contributed by atoms with Gasteiger partial charge in [-0.1, -0.05) is 0 Å². The maximum absolute atomic E-state index is 11.6. The molecule has 0 atom stereocenters. The summed E-state index contributed by atoms with van der Waals surface area (Å²) in [6.07, 6.45) is 3.05. The summed E-state index contributed by atoms with van der Waals surface area (Å²) in [5, 5.41) is 0. The topological polar surface area (TPSA) is 92.3 Å². The van der Waals surface area contributed by atoms with Crippen molar-refractivity contribution in [1.29, 1.82) is 0 Å². The molecule has 0 aromatic carbocycles. The Morgan fingerprint density at radius 2 is 2.10 bits per heavy atom. The van der Waals surface area contributed by atoms with Gasteiger partial charge in [0, 0.05) is 6.07 Å². The number of esters is 1. The van der Waals surface area contributed by atoms with Crippen molar-refractivity contribution < 1.29 is 14.3 Å². The normalized spacial score (nSPS) is 10.3. The minimum atomic E-state index is -0.539. The zero-order chi connectivity index (χ0) is 14.5. The molecule has 2 heterocycles. The standard InChI is InChI=1S/C13H16N4O3/c1-3-19-10-6-5-9(7-15-10)17-8-16-11(12(17)14)13(18)20-4-2/h5-8H,3-4,14H2,1-2H3. The average Bonchev–Trinajstić information content (AvgIpc) is 2.82. The molecule has 20 heavy (non-hydrogen) atoms. The third kappa shape index (κ3) is 2.71. The zero-order valence-electron chi connectivity index (χ0n) is 11.4. The van der Waals surface area contributed by atoms with Crippen molar-refractivity contribution in [3.63, 3.8) is 0 Å². The zero-order valence-corrected chi connectivity index (χ0v) is 11.4. The van der Waals surface area contributed by atoms with Crippen LogP contribution < -0.4 is 10.5 Å². The number of anilines is 1. The summed E-state index contributed by atoms with van der Waals surface area (Å²) in [5.74, 6) is 0.206. The monoisotopic (exact) mass is 276 g/mol. The Morgan fingerprint density at radius 3 is 2.70 bits per heavy atom. The number of nitrogens with zero attached hydrogens (tertiary/aromatic N) is 3. The minimum Gasteiger partial charge on any atom is -0.478 e. The number of carbonyl (C=O) groups excluding carboxylic acids is 1. The first-order chi connectivity index (χ1) is 9.67. The molecule has 7 heteroatoms. The van der Waals surface area contributed by atoms with Crippen molar-refractivity contribution in [2.45, 2.75) is 13.8 Å². The Hall–Kier alpha value is -2.57. The second-order valence-corrected chi connectivity index (χ2v) is 3.86. The van der Waals surface area contributed by atoms with Gasteiger partial charge in [-0.3, -0.25) is 4.57 Å². The number of ether oxygens (including phenoxy) is 2. The predicted molar refractivity (Wildman–Crippen MR) is 72.9 cm³/mol. The Kier molecular flexibility index (Phi) is 4.19. The molecule has 0 saturated heterocycles. The largest absolute Gasteiger partial charge is 0.478 e. The van der Waals surface area contributed by atoms with E-state index in [1.54, 1.807) is 29.8 Å². The van der Waals surface area contributed by atoms with Gasteiger partial charge < -0.3 is 15.2 Å². The SMILES string of the molecule is CCOC(=O)c1ncn(-c2ccc(OCC)nc2)c1N. The Balaban J connectivity index is 2.27. The fourth-order valence-corrected chi connectivity index (χ4v) is 1.67. The summed E-state index contributed by atoms with van der Waals surface area (Å²) in [6, 6.07) is 3.51. The molecular formula is C13H16N4O3. The molecule has 2 aromatic rings. The molecule has 0 fully saturated rings. The number of aromatic nitrogens is 3. The first kappa shape index (κ1) is 13.9. The molecule has 0 spiro atoms. The van der Waals surface area contributed by atoms with Gasteiger partial charge in [0.15, 0.2) is 5.69 Å². The van der Waals surface area contributed by atoms with Crippen molar-refractivity contribution in [3.05, 3.63) is 30.4 Å². The van der Waals surface area contributed by atoms with Crippen molar-refractivity contribution >= 4 is 11.8 Å². The average molecular weight is 276 g/mol. The quantitative estimate of drug-likeness (QED) is 0.830. The second-order valence-electron chi connectivity index (χ2n) is 3.86. The van der Waals surface area contributed by atoms with E-state index >= 15 is 0 Å². The molecule has 0 bridgehead atoms. The van der Waals surface area contributed by atoms with E-state index in [9.17, 15) is 4.79 Å². The summed E-state index contributed by atoms with van der Waals surface area (Å²) >= 11 is 0. The summed E-state index contributed by atoms with van der Waals surface area (Å²) in [6.45, 7) is 4.43. The van der Waals surface area contributed by atoms with Crippen molar-refractivity contribution in [3.8, 4) is 11.6 Å². The highest BCUT2D eigenvalue weighted by atomic mass is 16.5. The number of pyridine rings is 1. The van der Waals surface area contributed by atoms with Gasteiger partial charge in [-0.05, 0) is 19.9 Å². The van der Waals surface area contributed by atoms with Gasteiger partial charge in [0.1, 0.15) is 12.1 Å². The minimum absolute atomic E-state index is 0.0979. The molecule has 106 valence electrons. The van der Waals surface area contributed by atoms with Crippen molar-refractivity contribution in [2.24, 2.45) is 0 Å². The number of nitrogens with two attached hydrogens (primary N) is 1. The van der Waals surface area contributed by atoms with Crippen molar-refractivity contribution in [2.75, 3.05) is 18.9 Å². The molecule has 2 rings (SSSR count). The van der Waals surface area contributed by atoms with Gasteiger partial charge in [0.05, 0.1) is 25.1 Å². The van der Waals surface area contributed by atoms with E-state index in [2.05, 4.69) is 9.97 Å². The van der Waals surface area contributed by atoms with Crippen molar-refractivity contribution in [1.82, 2.24) is 14.5 Å². The maximum Gasteiger partial charge on any atom is 0.360 e. The fraction of sp³-hybridized carbons (Fsp3) is 0.308. The highest BCUT2D eigenvalue weighted by Gasteiger charge is 2.17.